The monoisotopic (exact) mass is 299 g/mol. The van der Waals surface area contributed by atoms with E-state index >= 15 is 0 Å². The number of amides is 1. The molecule has 1 aliphatic rings. The molecule has 1 fully saturated rings. The summed E-state index contributed by atoms with van der Waals surface area (Å²) < 4.78 is 5.24. The van der Waals surface area contributed by atoms with Crippen LogP contribution in [0.1, 0.15) is 12.5 Å². The molecule has 0 unspecified atom stereocenters. The van der Waals surface area contributed by atoms with Crippen LogP contribution in [-0.4, -0.2) is 43.7 Å². The largest absolute Gasteiger partial charge is 0.378 e. The molecule has 1 aliphatic heterocycles. The van der Waals surface area contributed by atoms with E-state index in [4.69, 9.17) is 4.74 Å². The van der Waals surface area contributed by atoms with Crippen molar-refractivity contribution in [2.75, 3.05) is 37.7 Å². The van der Waals surface area contributed by atoms with Crippen molar-refractivity contribution in [3.63, 3.8) is 0 Å². The van der Waals surface area contributed by atoms with E-state index in [1.165, 1.54) is 0 Å². The fraction of sp³-hybridized carbons (Fsp3) is 0.412. The molecule has 1 aromatic carbocycles. The molecule has 1 aromatic rings. The number of aryl methyl sites for hydroxylation is 1. The first-order valence-electron chi connectivity index (χ1n) is 7.48. The third kappa shape index (κ3) is 3.86. The Labute approximate surface area is 131 Å². The van der Waals surface area contributed by atoms with Crippen LogP contribution in [0.4, 0.5) is 5.69 Å². The fourth-order valence-corrected chi connectivity index (χ4v) is 2.38. The van der Waals surface area contributed by atoms with Crippen molar-refractivity contribution in [2.24, 2.45) is 0 Å². The first kappa shape index (κ1) is 16.1. The second kappa shape index (κ2) is 7.62. The van der Waals surface area contributed by atoms with Gasteiger partial charge in [-0.15, -0.1) is 0 Å². The van der Waals surface area contributed by atoms with E-state index in [2.05, 4.69) is 0 Å². The van der Waals surface area contributed by atoms with Gasteiger partial charge in [-0.3, -0.25) is 4.79 Å². The van der Waals surface area contributed by atoms with Gasteiger partial charge in [0, 0.05) is 31.5 Å². The standard InChI is InChI=1S/C17H21N3O2/c1-3-19(16-6-4-5-14(2)11-16)13-15(12-18)17(21)20-7-9-22-10-8-20/h4-6,11,13H,3,7-10H2,1-2H3/b15-13-. The molecule has 5 heteroatoms. The number of carbonyl (C=O) groups excluding carboxylic acids is 1. The molecule has 1 amide bonds. The Bertz CT molecular complexity index is 598. The summed E-state index contributed by atoms with van der Waals surface area (Å²) in [7, 11) is 0. The van der Waals surface area contributed by atoms with Crippen LogP contribution in [0.15, 0.2) is 36.0 Å². The Morgan fingerprint density at radius 3 is 2.77 bits per heavy atom. The molecule has 0 radical (unpaired) electrons. The van der Waals surface area contributed by atoms with E-state index in [0.717, 1.165) is 11.3 Å². The van der Waals surface area contributed by atoms with Gasteiger partial charge in [0.05, 0.1) is 13.2 Å². The summed E-state index contributed by atoms with van der Waals surface area (Å²) in [5.41, 5.74) is 2.28. The molecule has 1 saturated heterocycles. The van der Waals surface area contributed by atoms with Gasteiger partial charge in [0.25, 0.3) is 5.91 Å². The summed E-state index contributed by atoms with van der Waals surface area (Å²) in [6.07, 6.45) is 1.65. The Morgan fingerprint density at radius 1 is 1.45 bits per heavy atom. The normalized spacial score (nSPS) is 15.3. The van der Waals surface area contributed by atoms with Gasteiger partial charge in [0.15, 0.2) is 0 Å². The zero-order chi connectivity index (χ0) is 15.9. The molecule has 0 N–H and O–H groups in total. The van der Waals surface area contributed by atoms with Crippen LogP contribution in [-0.2, 0) is 9.53 Å². The van der Waals surface area contributed by atoms with Crippen molar-refractivity contribution < 1.29 is 9.53 Å². The summed E-state index contributed by atoms with van der Waals surface area (Å²) in [6, 6.07) is 10.0. The molecule has 22 heavy (non-hydrogen) atoms. The van der Waals surface area contributed by atoms with E-state index in [9.17, 15) is 10.1 Å². The van der Waals surface area contributed by atoms with Gasteiger partial charge in [0.2, 0.25) is 0 Å². The maximum absolute atomic E-state index is 12.4. The van der Waals surface area contributed by atoms with Crippen LogP contribution in [0.5, 0.6) is 0 Å². The van der Waals surface area contributed by atoms with Crippen molar-refractivity contribution >= 4 is 11.6 Å². The van der Waals surface area contributed by atoms with Gasteiger partial charge >= 0.3 is 0 Å². The lowest BCUT2D eigenvalue weighted by atomic mass is 10.2. The first-order chi connectivity index (χ1) is 10.7. The first-order valence-corrected chi connectivity index (χ1v) is 7.48. The molecular formula is C17H21N3O2. The average Bonchev–Trinajstić information content (AvgIpc) is 2.56. The van der Waals surface area contributed by atoms with Gasteiger partial charge in [0.1, 0.15) is 11.6 Å². The van der Waals surface area contributed by atoms with Gasteiger partial charge in [-0.1, -0.05) is 12.1 Å². The van der Waals surface area contributed by atoms with Crippen LogP contribution in [0.2, 0.25) is 0 Å². The lowest BCUT2D eigenvalue weighted by molar-refractivity contribution is -0.130. The Hall–Kier alpha value is -2.32. The van der Waals surface area contributed by atoms with E-state index in [1.807, 2.05) is 49.1 Å². The molecule has 2 rings (SSSR count). The molecule has 116 valence electrons. The van der Waals surface area contributed by atoms with E-state index in [-0.39, 0.29) is 11.5 Å². The van der Waals surface area contributed by atoms with Crippen molar-refractivity contribution in [3.8, 4) is 6.07 Å². The Balaban J connectivity index is 2.22. The van der Waals surface area contributed by atoms with E-state index in [0.29, 0.717) is 32.8 Å². The SMILES string of the molecule is CCN(/C=C(/C#N)C(=O)N1CCOCC1)c1cccc(C)c1. The van der Waals surface area contributed by atoms with Crippen LogP contribution >= 0.6 is 0 Å². The molecule has 0 aliphatic carbocycles. The van der Waals surface area contributed by atoms with Crippen LogP contribution in [0.25, 0.3) is 0 Å². The maximum atomic E-state index is 12.4. The van der Waals surface area contributed by atoms with Crippen LogP contribution in [0, 0.1) is 18.3 Å². The minimum Gasteiger partial charge on any atom is -0.378 e. The highest BCUT2D eigenvalue weighted by atomic mass is 16.5. The highest BCUT2D eigenvalue weighted by molar-refractivity contribution is 5.97. The van der Waals surface area contributed by atoms with Crippen molar-refractivity contribution in [2.45, 2.75) is 13.8 Å². The third-order valence-electron chi connectivity index (χ3n) is 3.61. The van der Waals surface area contributed by atoms with Crippen molar-refractivity contribution in [1.29, 1.82) is 5.26 Å². The molecule has 0 atom stereocenters. The molecule has 5 nitrogen and oxygen atoms in total. The second-order valence-electron chi connectivity index (χ2n) is 5.18. The van der Waals surface area contributed by atoms with E-state index < -0.39 is 0 Å². The molecule has 0 aromatic heterocycles. The number of hydrogen-bond donors (Lipinski definition) is 0. The van der Waals surface area contributed by atoms with Crippen molar-refractivity contribution in [3.05, 3.63) is 41.6 Å². The number of nitrogens with zero attached hydrogens (tertiary/aromatic N) is 3. The summed E-state index contributed by atoms with van der Waals surface area (Å²) in [4.78, 5) is 16.0. The number of benzene rings is 1. The Kier molecular flexibility index (Phi) is 5.56. The number of carbonyl (C=O) groups is 1. The number of nitriles is 1. The predicted molar refractivity (Wildman–Crippen MR) is 85.3 cm³/mol. The molecule has 0 bridgehead atoms. The second-order valence-corrected chi connectivity index (χ2v) is 5.18. The number of ether oxygens (including phenoxy) is 1. The summed E-state index contributed by atoms with van der Waals surface area (Å²) >= 11 is 0. The number of hydrogen-bond acceptors (Lipinski definition) is 4. The molecule has 1 heterocycles. The number of anilines is 1. The molecular weight excluding hydrogens is 278 g/mol. The lowest BCUT2D eigenvalue weighted by Crippen LogP contribution is -2.41. The highest BCUT2D eigenvalue weighted by Gasteiger charge is 2.21. The summed E-state index contributed by atoms with van der Waals surface area (Å²) in [5.74, 6) is -0.225. The minimum absolute atomic E-state index is 0.158. The highest BCUT2D eigenvalue weighted by Crippen LogP contribution is 2.17. The summed E-state index contributed by atoms with van der Waals surface area (Å²) in [5, 5.41) is 9.35. The zero-order valence-electron chi connectivity index (χ0n) is 13.1. The number of rotatable bonds is 4. The van der Waals surface area contributed by atoms with Gasteiger partial charge in [-0.05, 0) is 31.5 Å². The molecule has 0 saturated carbocycles. The Morgan fingerprint density at radius 2 is 2.18 bits per heavy atom. The van der Waals surface area contributed by atoms with Crippen LogP contribution in [0.3, 0.4) is 0 Å². The fourth-order valence-electron chi connectivity index (χ4n) is 2.38. The lowest BCUT2D eigenvalue weighted by Gasteiger charge is -2.27. The molecule has 0 spiro atoms. The average molecular weight is 299 g/mol. The maximum Gasteiger partial charge on any atom is 0.266 e. The third-order valence-corrected chi connectivity index (χ3v) is 3.61. The zero-order valence-corrected chi connectivity index (χ0v) is 13.1. The number of morpholine rings is 1. The van der Waals surface area contributed by atoms with Crippen LogP contribution < -0.4 is 4.90 Å². The quantitative estimate of drug-likeness (QED) is 0.631. The predicted octanol–water partition coefficient (Wildman–Crippen LogP) is 2.09. The van der Waals surface area contributed by atoms with Gasteiger partial charge in [-0.2, -0.15) is 5.26 Å². The summed E-state index contributed by atoms with van der Waals surface area (Å²) in [6.45, 7) is 6.83. The van der Waals surface area contributed by atoms with Gasteiger partial charge < -0.3 is 14.5 Å². The van der Waals surface area contributed by atoms with Crippen molar-refractivity contribution in [1.82, 2.24) is 4.90 Å². The van der Waals surface area contributed by atoms with E-state index in [1.54, 1.807) is 11.1 Å². The minimum atomic E-state index is -0.225. The van der Waals surface area contributed by atoms with Gasteiger partial charge in [-0.25, -0.2) is 0 Å². The smallest absolute Gasteiger partial charge is 0.266 e. The topological polar surface area (TPSA) is 56.6 Å².